The number of β-amino-alcohol motifs (C(OH)–C–C–N with tert-alkyl or cyclic N) is 1. The summed E-state index contributed by atoms with van der Waals surface area (Å²) < 4.78 is 14.3. The number of fused-ring (bicyclic) bond motifs is 1. The van der Waals surface area contributed by atoms with Gasteiger partial charge in [-0.3, -0.25) is 9.59 Å². The van der Waals surface area contributed by atoms with Crippen LogP contribution in [0.15, 0.2) is 66.7 Å². The van der Waals surface area contributed by atoms with Crippen LogP contribution in [0.25, 0.3) is 11.1 Å². The molecular weight excluding hydrogens is 605 g/mol. The van der Waals surface area contributed by atoms with Crippen molar-refractivity contribution in [2.75, 3.05) is 31.2 Å². The second-order valence-corrected chi connectivity index (χ2v) is 12.3. The fourth-order valence-corrected chi connectivity index (χ4v) is 5.55. The van der Waals surface area contributed by atoms with Gasteiger partial charge < -0.3 is 41.5 Å². The Labute approximate surface area is 274 Å². The van der Waals surface area contributed by atoms with E-state index in [2.05, 4.69) is 21.3 Å². The Morgan fingerprint density at radius 1 is 1.04 bits per heavy atom. The number of halogens is 1. The van der Waals surface area contributed by atoms with Gasteiger partial charge in [0.2, 0.25) is 11.8 Å². The van der Waals surface area contributed by atoms with Crippen LogP contribution in [0.5, 0.6) is 0 Å². The number of nitrogens with zero attached hydrogens (tertiary/aromatic N) is 1. The zero-order valence-corrected chi connectivity index (χ0v) is 26.8. The molecule has 0 unspecified atom stereocenters. The fraction of sp³-hybridized carbons (Fsp3) is 0.400. The van der Waals surface area contributed by atoms with Gasteiger partial charge in [0.1, 0.15) is 11.9 Å². The maximum Gasteiger partial charge on any atom is 0.315 e. The zero-order chi connectivity index (χ0) is 34.0. The van der Waals surface area contributed by atoms with Crippen molar-refractivity contribution in [2.24, 2.45) is 0 Å². The molecule has 0 bridgehead atoms. The zero-order valence-electron chi connectivity index (χ0n) is 26.8. The van der Waals surface area contributed by atoms with E-state index >= 15 is 0 Å². The highest BCUT2D eigenvalue weighted by molar-refractivity contribution is 6.00. The van der Waals surface area contributed by atoms with Crippen molar-refractivity contribution in [2.45, 2.75) is 63.9 Å². The van der Waals surface area contributed by atoms with Gasteiger partial charge in [0.15, 0.2) is 0 Å². The van der Waals surface area contributed by atoms with Gasteiger partial charge in [-0.15, -0.1) is 0 Å². The van der Waals surface area contributed by atoms with E-state index in [0.717, 1.165) is 22.3 Å². The van der Waals surface area contributed by atoms with E-state index in [0.29, 0.717) is 24.1 Å². The summed E-state index contributed by atoms with van der Waals surface area (Å²) >= 11 is 0. The predicted octanol–water partition coefficient (Wildman–Crippen LogP) is 2.36. The fourth-order valence-electron chi connectivity index (χ4n) is 5.55. The molecule has 0 spiro atoms. The molecule has 0 fully saturated rings. The first-order valence-corrected chi connectivity index (χ1v) is 15.7. The summed E-state index contributed by atoms with van der Waals surface area (Å²) in [5.74, 6) is -1.05. The van der Waals surface area contributed by atoms with Crippen LogP contribution in [-0.4, -0.2) is 77.2 Å². The Kier molecular flexibility index (Phi) is 12.4. The van der Waals surface area contributed by atoms with Crippen molar-refractivity contribution < 1.29 is 34.1 Å². The third-order valence-electron chi connectivity index (χ3n) is 8.02. The average molecular weight is 650 g/mol. The molecule has 4 rings (SSSR count). The number of urea groups is 1. The van der Waals surface area contributed by atoms with Crippen molar-refractivity contribution in [3.63, 3.8) is 0 Å². The molecule has 1 heterocycles. The second-order valence-electron chi connectivity index (χ2n) is 12.3. The van der Waals surface area contributed by atoms with Crippen LogP contribution in [0.2, 0.25) is 0 Å². The minimum absolute atomic E-state index is 0.0301. The lowest BCUT2D eigenvalue weighted by atomic mass is 9.98. The van der Waals surface area contributed by atoms with Crippen molar-refractivity contribution >= 4 is 23.5 Å². The molecule has 2 atom stereocenters. The number of anilines is 1. The summed E-state index contributed by atoms with van der Waals surface area (Å²) in [6.07, 6.45) is -0.226. The van der Waals surface area contributed by atoms with Crippen LogP contribution in [0.3, 0.4) is 0 Å². The van der Waals surface area contributed by atoms with Gasteiger partial charge in [0, 0.05) is 37.3 Å². The molecule has 0 radical (unpaired) electrons. The molecule has 11 nitrogen and oxygen atoms in total. The summed E-state index contributed by atoms with van der Waals surface area (Å²) in [4.78, 5) is 40.6. The van der Waals surface area contributed by atoms with E-state index in [1.807, 2.05) is 48.5 Å². The van der Waals surface area contributed by atoms with Crippen molar-refractivity contribution in [1.29, 1.82) is 0 Å². The van der Waals surface area contributed by atoms with Gasteiger partial charge in [-0.1, -0.05) is 48.5 Å². The monoisotopic (exact) mass is 649 g/mol. The van der Waals surface area contributed by atoms with Crippen molar-refractivity contribution in [3.05, 3.63) is 89.2 Å². The quantitative estimate of drug-likeness (QED) is 0.141. The van der Waals surface area contributed by atoms with E-state index in [1.54, 1.807) is 24.8 Å². The number of rotatable bonds is 14. The summed E-state index contributed by atoms with van der Waals surface area (Å²) in [7, 11) is 0. The number of carbonyl (C=O) groups is 3. The Bertz CT molecular complexity index is 1530. The number of aliphatic hydroxyl groups is 3. The molecule has 4 amide bonds. The van der Waals surface area contributed by atoms with Crippen molar-refractivity contribution in [3.8, 4) is 11.1 Å². The summed E-state index contributed by atoms with van der Waals surface area (Å²) in [6.45, 7) is 3.80. The third kappa shape index (κ3) is 10.1. The largest absolute Gasteiger partial charge is 0.395 e. The number of aliphatic hydroxyl groups excluding tert-OH is 3. The maximum absolute atomic E-state index is 14.3. The van der Waals surface area contributed by atoms with Crippen LogP contribution in [0, 0.1) is 5.82 Å². The Morgan fingerprint density at radius 2 is 1.79 bits per heavy atom. The third-order valence-corrected chi connectivity index (χ3v) is 8.02. The molecule has 47 heavy (non-hydrogen) atoms. The number of nitrogens with one attached hydrogen (secondary N) is 4. The maximum atomic E-state index is 14.3. The molecular formula is C35H44FN5O6. The molecule has 12 heteroatoms. The van der Waals surface area contributed by atoms with Gasteiger partial charge >= 0.3 is 6.03 Å². The smallest absolute Gasteiger partial charge is 0.315 e. The number of hydrogen-bond donors (Lipinski definition) is 7. The van der Waals surface area contributed by atoms with Gasteiger partial charge in [-0.2, -0.15) is 0 Å². The van der Waals surface area contributed by atoms with Gasteiger partial charge in [-0.25, -0.2) is 9.18 Å². The molecule has 3 aromatic rings. The minimum Gasteiger partial charge on any atom is -0.395 e. The van der Waals surface area contributed by atoms with Gasteiger partial charge in [0.25, 0.3) is 0 Å². The number of carbonyl (C=O) groups excluding carboxylic acids is 3. The lowest BCUT2D eigenvalue weighted by Gasteiger charge is -2.29. The van der Waals surface area contributed by atoms with E-state index < -0.39 is 30.1 Å². The lowest BCUT2D eigenvalue weighted by Crippen LogP contribution is -2.51. The Morgan fingerprint density at radius 3 is 2.51 bits per heavy atom. The highest BCUT2D eigenvalue weighted by Crippen LogP contribution is 2.31. The number of hydrogen-bond acceptors (Lipinski definition) is 7. The molecule has 0 saturated carbocycles. The SMILES string of the molecule is CC(C)(CC(=O)N[C@@H]1CCc2cc(F)ccc2N(Cc2ccc(-c3ccccc3CNC(=O)NCCO)cc2)C1=O)NC[C@H](O)CO. The normalized spacial score (nSPS) is 15.4. The van der Waals surface area contributed by atoms with Crippen LogP contribution >= 0.6 is 0 Å². The Hall–Kier alpha value is -4.36. The minimum atomic E-state index is -0.954. The lowest BCUT2D eigenvalue weighted by molar-refractivity contribution is -0.128. The molecule has 252 valence electrons. The Balaban J connectivity index is 1.50. The van der Waals surface area contributed by atoms with Gasteiger partial charge in [0.05, 0.1) is 25.9 Å². The first-order chi connectivity index (χ1) is 22.5. The first-order valence-electron chi connectivity index (χ1n) is 15.7. The number of aryl methyl sites for hydroxylation is 1. The molecule has 1 aliphatic rings. The topological polar surface area (TPSA) is 163 Å². The second kappa shape index (κ2) is 16.5. The molecule has 0 aromatic heterocycles. The molecule has 7 N–H and O–H groups in total. The first kappa shape index (κ1) is 35.5. The summed E-state index contributed by atoms with van der Waals surface area (Å²) in [6, 6.07) is 18.5. The van der Waals surface area contributed by atoms with Gasteiger partial charge in [-0.05, 0) is 72.7 Å². The molecule has 0 aliphatic carbocycles. The highest BCUT2D eigenvalue weighted by atomic mass is 19.1. The number of amides is 4. The highest BCUT2D eigenvalue weighted by Gasteiger charge is 2.33. The summed E-state index contributed by atoms with van der Waals surface area (Å²) in [5, 5.41) is 39.0. The van der Waals surface area contributed by atoms with E-state index in [-0.39, 0.29) is 57.1 Å². The molecule has 0 saturated heterocycles. The van der Waals surface area contributed by atoms with Crippen LogP contribution in [0.1, 0.15) is 43.4 Å². The summed E-state index contributed by atoms with van der Waals surface area (Å²) in [5.41, 5.74) is 4.14. The van der Waals surface area contributed by atoms with E-state index in [1.165, 1.54) is 12.1 Å². The van der Waals surface area contributed by atoms with Crippen LogP contribution in [0.4, 0.5) is 14.9 Å². The predicted molar refractivity (Wildman–Crippen MR) is 177 cm³/mol. The standard InChI is InChI=1S/C35H44FN5O6/c1-35(2,39-20-28(44)22-43)18-32(45)40-30-13-11-25-17-27(36)12-14-31(25)41(33(30)46)21-23-7-9-24(10-8-23)29-6-4-3-5-26(29)19-38-34(47)37-15-16-42/h3-10,12,14,17,28,30,39,42-44H,11,13,15-16,18-22H2,1-2H3,(H,40,45)(H2,37,38,47)/t28-,30+/m0/s1. The van der Waals surface area contributed by atoms with E-state index in [4.69, 9.17) is 10.2 Å². The van der Waals surface area contributed by atoms with Crippen LogP contribution in [-0.2, 0) is 29.1 Å². The average Bonchev–Trinajstić information content (AvgIpc) is 3.17. The molecule has 3 aromatic carbocycles. The number of benzene rings is 3. The van der Waals surface area contributed by atoms with E-state index in [9.17, 15) is 23.9 Å². The van der Waals surface area contributed by atoms with Crippen LogP contribution < -0.4 is 26.2 Å². The van der Waals surface area contributed by atoms with Crippen molar-refractivity contribution in [1.82, 2.24) is 21.3 Å². The molecule has 1 aliphatic heterocycles.